The third kappa shape index (κ3) is 4.05. The summed E-state index contributed by atoms with van der Waals surface area (Å²) in [5.74, 6) is -0.437. The molecule has 0 atom stereocenters. The topological polar surface area (TPSA) is 74.2 Å². The van der Waals surface area contributed by atoms with Gasteiger partial charge in [0.15, 0.2) is 5.82 Å². The zero-order valence-corrected chi connectivity index (χ0v) is 12.9. The van der Waals surface area contributed by atoms with Gasteiger partial charge in [0.2, 0.25) is 0 Å². The van der Waals surface area contributed by atoms with E-state index in [-0.39, 0.29) is 11.4 Å². The number of esters is 1. The van der Waals surface area contributed by atoms with Crippen molar-refractivity contribution in [2.24, 2.45) is 0 Å². The Kier molecular flexibility index (Phi) is 5.45. The van der Waals surface area contributed by atoms with E-state index in [0.29, 0.717) is 24.3 Å². The van der Waals surface area contributed by atoms with Gasteiger partial charge in [-0.1, -0.05) is 0 Å². The average Bonchev–Trinajstić information content (AvgIpc) is 2.58. The number of rotatable bonds is 5. The van der Waals surface area contributed by atoms with Crippen LogP contribution in [0.4, 0.5) is 13.2 Å². The third-order valence-electron chi connectivity index (χ3n) is 3.13. The molecule has 6 nitrogen and oxygen atoms in total. The normalized spacial score (nSPS) is 11.4. The minimum Gasteiger partial charge on any atom is -0.465 e. The van der Waals surface area contributed by atoms with Crippen molar-refractivity contribution in [3.63, 3.8) is 0 Å². The van der Waals surface area contributed by atoms with Crippen LogP contribution >= 0.6 is 0 Å². The van der Waals surface area contributed by atoms with E-state index in [2.05, 4.69) is 19.7 Å². The summed E-state index contributed by atoms with van der Waals surface area (Å²) in [4.78, 5) is 23.3. The fourth-order valence-electron chi connectivity index (χ4n) is 1.92. The Labute approximate surface area is 135 Å². The summed E-state index contributed by atoms with van der Waals surface area (Å²) in [6.07, 6.45) is -1.88. The molecule has 0 aliphatic rings. The van der Waals surface area contributed by atoms with Crippen LogP contribution in [0.15, 0.2) is 24.5 Å². The molecule has 24 heavy (non-hydrogen) atoms. The van der Waals surface area contributed by atoms with Gasteiger partial charge in [0.05, 0.1) is 25.0 Å². The van der Waals surface area contributed by atoms with Crippen molar-refractivity contribution in [3.05, 3.63) is 41.5 Å². The van der Waals surface area contributed by atoms with E-state index in [1.807, 2.05) is 0 Å². The van der Waals surface area contributed by atoms with Crippen LogP contribution in [-0.2, 0) is 22.1 Å². The molecular weight excluding hydrogens is 327 g/mol. The quantitative estimate of drug-likeness (QED) is 0.778. The molecule has 0 radical (unpaired) electrons. The van der Waals surface area contributed by atoms with E-state index in [0.717, 1.165) is 12.3 Å². The highest BCUT2D eigenvalue weighted by Crippen LogP contribution is 2.28. The molecule has 0 saturated heterocycles. The van der Waals surface area contributed by atoms with E-state index in [1.54, 1.807) is 0 Å². The minimum absolute atomic E-state index is 0.162. The molecule has 0 unspecified atom stereocenters. The molecule has 0 aliphatic carbocycles. The van der Waals surface area contributed by atoms with Gasteiger partial charge in [0, 0.05) is 31.5 Å². The highest BCUT2D eigenvalue weighted by Gasteiger charge is 2.32. The summed E-state index contributed by atoms with van der Waals surface area (Å²) in [6, 6.07) is 2.07. The Bertz CT molecular complexity index is 718. The maximum atomic E-state index is 12.5. The highest BCUT2D eigenvalue weighted by molar-refractivity contribution is 5.90. The van der Waals surface area contributed by atoms with Gasteiger partial charge in [-0.05, 0) is 12.1 Å². The van der Waals surface area contributed by atoms with Crippen LogP contribution in [0.25, 0.3) is 11.4 Å². The maximum absolute atomic E-state index is 12.5. The predicted molar refractivity (Wildman–Crippen MR) is 77.2 cm³/mol. The van der Waals surface area contributed by atoms with Crippen LogP contribution in [0.5, 0.6) is 0 Å². The first-order chi connectivity index (χ1) is 11.4. The molecule has 2 aromatic rings. The van der Waals surface area contributed by atoms with Crippen molar-refractivity contribution in [1.29, 1.82) is 0 Å². The zero-order chi connectivity index (χ0) is 17.7. The summed E-state index contributed by atoms with van der Waals surface area (Å²) in [7, 11) is 2.73. The summed E-state index contributed by atoms with van der Waals surface area (Å²) in [5.41, 5.74) is -0.137. The fraction of sp³-hybridized carbons (Fsp3) is 0.333. The molecule has 128 valence electrons. The van der Waals surface area contributed by atoms with Crippen LogP contribution in [0, 0.1) is 0 Å². The van der Waals surface area contributed by atoms with Crippen molar-refractivity contribution in [2.75, 3.05) is 20.8 Å². The molecule has 0 N–H and O–H groups in total. The average molecular weight is 341 g/mol. The van der Waals surface area contributed by atoms with Crippen LogP contribution in [0.3, 0.4) is 0 Å². The van der Waals surface area contributed by atoms with E-state index in [1.165, 1.54) is 26.5 Å². The molecule has 2 aromatic heterocycles. The number of hydrogen-bond acceptors (Lipinski definition) is 6. The van der Waals surface area contributed by atoms with Crippen LogP contribution in [0.1, 0.15) is 21.7 Å². The number of halogens is 3. The number of nitrogens with zero attached hydrogens (tertiary/aromatic N) is 3. The summed E-state index contributed by atoms with van der Waals surface area (Å²) in [5, 5.41) is 0. The maximum Gasteiger partial charge on any atom is 0.433 e. The Morgan fingerprint density at radius 2 is 1.92 bits per heavy atom. The van der Waals surface area contributed by atoms with E-state index < -0.39 is 17.8 Å². The first-order valence-corrected chi connectivity index (χ1v) is 6.83. The lowest BCUT2D eigenvalue weighted by molar-refractivity contribution is -0.141. The molecule has 0 fully saturated rings. The molecule has 0 aliphatic heterocycles. The van der Waals surface area contributed by atoms with Gasteiger partial charge in [0.25, 0.3) is 0 Å². The second kappa shape index (κ2) is 7.35. The Morgan fingerprint density at radius 3 is 2.46 bits per heavy atom. The Morgan fingerprint density at radius 1 is 1.17 bits per heavy atom. The fourth-order valence-corrected chi connectivity index (χ4v) is 1.92. The molecule has 2 rings (SSSR count). The van der Waals surface area contributed by atoms with Gasteiger partial charge in [-0.2, -0.15) is 13.2 Å². The lowest BCUT2D eigenvalue weighted by atomic mass is 10.1. The molecule has 0 aromatic carbocycles. The summed E-state index contributed by atoms with van der Waals surface area (Å²) >= 11 is 0. The lowest BCUT2D eigenvalue weighted by Crippen LogP contribution is -2.12. The molecular formula is C15H14F3N3O3. The Balaban J connectivity index is 2.38. The van der Waals surface area contributed by atoms with Crippen LogP contribution < -0.4 is 0 Å². The molecule has 9 heteroatoms. The number of alkyl halides is 3. The largest absolute Gasteiger partial charge is 0.465 e. The number of pyridine rings is 1. The number of aromatic nitrogens is 3. The van der Waals surface area contributed by atoms with Crippen molar-refractivity contribution < 1.29 is 27.4 Å². The molecule has 0 saturated carbocycles. The van der Waals surface area contributed by atoms with E-state index >= 15 is 0 Å². The van der Waals surface area contributed by atoms with Gasteiger partial charge in [-0.3, -0.25) is 4.98 Å². The van der Waals surface area contributed by atoms with Crippen LogP contribution in [0.2, 0.25) is 0 Å². The number of ether oxygens (including phenoxy) is 2. The monoisotopic (exact) mass is 341 g/mol. The van der Waals surface area contributed by atoms with Crippen LogP contribution in [-0.4, -0.2) is 41.7 Å². The van der Waals surface area contributed by atoms with Crippen molar-refractivity contribution in [2.45, 2.75) is 12.6 Å². The van der Waals surface area contributed by atoms with E-state index in [4.69, 9.17) is 4.74 Å². The van der Waals surface area contributed by atoms with E-state index in [9.17, 15) is 18.0 Å². The first-order valence-electron chi connectivity index (χ1n) is 6.83. The first kappa shape index (κ1) is 17.8. The lowest BCUT2D eigenvalue weighted by Gasteiger charge is -2.09. The van der Waals surface area contributed by atoms with Crippen molar-refractivity contribution in [1.82, 2.24) is 15.0 Å². The van der Waals surface area contributed by atoms with Crippen molar-refractivity contribution in [3.8, 4) is 11.4 Å². The van der Waals surface area contributed by atoms with Gasteiger partial charge in [0.1, 0.15) is 5.69 Å². The Hall–Kier alpha value is -2.55. The number of hydrogen-bond donors (Lipinski definition) is 0. The van der Waals surface area contributed by atoms with Gasteiger partial charge in [-0.25, -0.2) is 14.8 Å². The highest BCUT2D eigenvalue weighted by atomic mass is 19.4. The zero-order valence-electron chi connectivity index (χ0n) is 12.9. The molecule has 0 amide bonds. The summed E-state index contributed by atoms with van der Waals surface area (Å²) in [6.45, 7) is 0.311. The number of methoxy groups -OCH3 is 2. The second-order valence-corrected chi connectivity index (χ2v) is 4.72. The number of carbonyl (C=O) groups excluding carboxylic acids is 1. The minimum atomic E-state index is -4.52. The standard InChI is InChI=1S/C15H14F3N3O3/c1-23-6-5-11-10(14(22)24-2)8-20-13(21-11)9-3-4-12(19-7-9)15(16,17)18/h3-4,7-8H,5-6H2,1-2H3. The second-order valence-electron chi connectivity index (χ2n) is 4.72. The van der Waals surface area contributed by atoms with Gasteiger partial charge < -0.3 is 9.47 Å². The van der Waals surface area contributed by atoms with Gasteiger partial charge >= 0.3 is 12.1 Å². The molecule has 0 spiro atoms. The van der Waals surface area contributed by atoms with Gasteiger partial charge in [-0.15, -0.1) is 0 Å². The SMILES string of the molecule is COCCc1nc(-c2ccc(C(F)(F)F)nc2)ncc1C(=O)OC. The van der Waals surface area contributed by atoms with Crippen molar-refractivity contribution >= 4 is 5.97 Å². The molecule has 0 bridgehead atoms. The molecule has 2 heterocycles. The number of carbonyl (C=O) groups is 1. The summed E-state index contributed by atoms with van der Waals surface area (Å²) < 4.78 is 47.3. The smallest absolute Gasteiger partial charge is 0.433 e. The predicted octanol–water partition coefficient (Wildman–Crippen LogP) is 2.53. The third-order valence-corrected chi connectivity index (χ3v) is 3.13.